The summed E-state index contributed by atoms with van der Waals surface area (Å²) in [6, 6.07) is 4.62. The molecule has 0 unspecified atom stereocenters. The quantitative estimate of drug-likeness (QED) is 0.630. The Labute approximate surface area is 109 Å². The molecule has 98 valence electrons. The fourth-order valence-electron chi connectivity index (χ4n) is 1.23. The first kappa shape index (κ1) is 14.1. The van der Waals surface area contributed by atoms with Crippen LogP contribution in [-0.2, 0) is 4.79 Å². The first-order chi connectivity index (χ1) is 8.22. The van der Waals surface area contributed by atoms with Gasteiger partial charge in [-0.3, -0.25) is 4.79 Å². The second-order valence-electron chi connectivity index (χ2n) is 4.25. The molecule has 1 rings (SSSR count). The largest absolute Gasteiger partial charge is 0.465 e. The van der Waals surface area contributed by atoms with Crippen LogP contribution in [0.25, 0.3) is 0 Å². The summed E-state index contributed by atoms with van der Waals surface area (Å²) < 4.78 is 0. The van der Waals surface area contributed by atoms with Gasteiger partial charge in [0.05, 0.1) is 10.7 Å². The van der Waals surface area contributed by atoms with Gasteiger partial charge >= 0.3 is 6.09 Å². The first-order valence-electron chi connectivity index (χ1n) is 5.10. The highest BCUT2D eigenvalue weighted by atomic mass is 35.5. The number of rotatable bonds is 3. The van der Waals surface area contributed by atoms with E-state index in [4.69, 9.17) is 22.4 Å². The molecule has 0 heterocycles. The summed E-state index contributed by atoms with van der Waals surface area (Å²) in [5, 5.41) is 13.7. The van der Waals surface area contributed by atoms with Crippen LogP contribution in [-0.4, -0.2) is 22.6 Å². The Hall–Kier alpha value is -1.95. The van der Waals surface area contributed by atoms with Gasteiger partial charge in [0.15, 0.2) is 0 Å². The first-order valence-corrected chi connectivity index (χ1v) is 5.48. The average molecular weight is 272 g/mol. The van der Waals surface area contributed by atoms with Gasteiger partial charge in [-0.1, -0.05) is 11.6 Å². The molecule has 0 radical (unpaired) electrons. The van der Waals surface area contributed by atoms with E-state index in [9.17, 15) is 9.59 Å². The molecule has 0 aliphatic rings. The molecule has 0 saturated heterocycles. The van der Waals surface area contributed by atoms with Crippen molar-refractivity contribution in [3.63, 3.8) is 0 Å². The third kappa shape index (κ3) is 3.53. The van der Waals surface area contributed by atoms with Crippen LogP contribution in [0.2, 0.25) is 5.02 Å². The summed E-state index contributed by atoms with van der Waals surface area (Å²) in [5.41, 5.74) is 5.12. The number of anilines is 2. The molecule has 6 nitrogen and oxygen atoms in total. The maximum absolute atomic E-state index is 11.9. The zero-order valence-corrected chi connectivity index (χ0v) is 10.7. The Morgan fingerprint density at radius 1 is 1.39 bits per heavy atom. The van der Waals surface area contributed by atoms with Crippen LogP contribution < -0.4 is 16.4 Å². The number of benzene rings is 1. The van der Waals surface area contributed by atoms with Crippen molar-refractivity contribution in [3.05, 3.63) is 23.2 Å². The number of hydrogen-bond acceptors (Lipinski definition) is 3. The Morgan fingerprint density at radius 2 is 2.00 bits per heavy atom. The maximum atomic E-state index is 11.9. The number of hydrogen-bond donors (Lipinski definition) is 4. The molecule has 0 aliphatic heterocycles. The lowest BCUT2D eigenvalue weighted by molar-refractivity contribution is -0.121. The molecule has 1 aromatic carbocycles. The van der Waals surface area contributed by atoms with E-state index < -0.39 is 17.5 Å². The monoisotopic (exact) mass is 271 g/mol. The van der Waals surface area contributed by atoms with E-state index in [2.05, 4.69) is 10.6 Å². The van der Waals surface area contributed by atoms with Crippen LogP contribution in [0.15, 0.2) is 18.2 Å². The summed E-state index contributed by atoms with van der Waals surface area (Å²) in [6.45, 7) is 2.91. The number of halogens is 1. The third-order valence-electron chi connectivity index (χ3n) is 2.24. The van der Waals surface area contributed by atoms with Crippen molar-refractivity contribution in [1.82, 2.24) is 5.32 Å². The molecule has 18 heavy (non-hydrogen) atoms. The van der Waals surface area contributed by atoms with E-state index in [1.807, 2.05) is 0 Å². The predicted octanol–water partition coefficient (Wildman–Crippen LogP) is 1.91. The summed E-state index contributed by atoms with van der Waals surface area (Å²) in [5.74, 6) is -0.494. The molecule has 0 fully saturated rings. The van der Waals surface area contributed by atoms with Gasteiger partial charge in [0.25, 0.3) is 0 Å². The average Bonchev–Trinajstić information content (AvgIpc) is 2.21. The minimum absolute atomic E-state index is 0.332. The van der Waals surface area contributed by atoms with Crippen molar-refractivity contribution in [3.8, 4) is 0 Å². The van der Waals surface area contributed by atoms with Crippen LogP contribution in [0.5, 0.6) is 0 Å². The molecular formula is C11H14ClN3O3. The molecule has 0 aliphatic carbocycles. The second-order valence-corrected chi connectivity index (χ2v) is 4.65. The van der Waals surface area contributed by atoms with Crippen LogP contribution in [0.1, 0.15) is 13.8 Å². The molecule has 5 N–H and O–H groups in total. The zero-order chi connectivity index (χ0) is 13.9. The van der Waals surface area contributed by atoms with E-state index in [0.717, 1.165) is 0 Å². The summed E-state index contributed by atoms with van der Waals surface area (Å²) in [4.78, 5) is 22.4. The van der Waals surface area contributed by atoms with Crippen molar-refractivity contribution in [2.45, 2.75) is 19.4 Å². The number of nitrogens with one attached hydrogen (secondary N) is 2. The Kier molecular flexibility index (Phi) is 4.03. The van der Waals surface area contributed by atoms with Gasteiger partial charge in [-0.15, -0.1) is 0 Å². The molecule has 2 amide bonds. The van der Waals surface area contributed by atoms with Gasteiger partial charge in [-0.25, -0.2) is 4.79 Å². The van der Waals surface area contributed by atoms with Crippen molar-refractivity contribution in [2.75, 3.05) is 11.1 Å². The summed E-state index contributed by atoms with van der Waals surface area (Å²) in [6.07, 6.45) is -1.27. The van der Waals surface area contributed by atoms with Gasteiger partial charge in [-0.05, 0) is 32.0 Å². The lowest BCUT2D eigenvalue weighted by Crippen LogP contribution is -2.51. The molecule has 7 heteroatoms. The van der Waals surface area contributed by atoms with Gasteiger partial charge < -0.3 is 21.5 Å². The highest BCUT2D eigenvalue weighted by molar-refractivity contribution is 6.33. The van der Waals surface area contributed by atoms with Crippen LogP contribution in [0, 0.1) is 0 Å². The minimum atomic E-state index is -1.27. The highest BCUT2D eigenvalue weighted by Gasteiger charge is 2.29. The number of carbonyl (C=O) groups excluding carboxylic acids is 1. The maximum Gasteiger partial charge on any atom is 0.405 e. The van der Waals surface area contributed by atoms with Crippen LogP contribution in [0.4, 0.5) is 16.2 Å². The number of amides is 2. The van der Waals surface area contributed by atoms with Crippen molar-refractivity contribution in [2.24, 2.45) is 0 Å². The van der Waals surface area contributed by atoms with E-state index >= 15 is 0 Å². The summed E-state index contributed by atoms with van der Waals surface area (Å²) >= 11 is 5.75. The number of nitrogens with two attached hydrogens (primary N) is 1. The topological polar surface area (TPSA) is 104 Å². The smallest absolute Gasteiger partial charge is 0.405 e. The predicted molar refractivity (Wildman–Crippen MR) is 69.7 cm³/mol. The lowest BCUT2D eigenvalue weighted by Gasteiger charge is -2.23. The number of nitrogen functional groups attached to an aromatic ring is 1. The van der Waals surface area contributed by atoms with Crippen LogP contribution >= 0.6 is 11.6 Å². The molecule has 0 aromatic heterocycles. The van der Waals surface area contributed by atoms with Crippen molar-refractivity contribution >= 4 is 35.0 Å². The molecule has 0 bridgehead atoms. The number of carbonyl (C=O) groups is 2. The normalized spacial score (nSPS) is 10.8. The SMILES string of the molecule is CC(C)(NC(=O)O)C(=O)Nc1ccc(Cl)c(N)c1. The summed E-state index contributed by atoms with van der Waals surface area (Å²) in [7, 11) is 0. The van der Waals surface area contributed by atoms with Crippen LogP contribution in [0.3, 0.4) is 0 Å². The van der Waals surface area contributed by atoms with E-state index in [1.165, 1.54) is 19.9 Å². The molecule has 0 saturated carbocycles. The molecule has 0 spiro atoms. The lowest BCUT2D eigenvalue weighted by atomic mass is 10.0. The Bertz CT molecular complexity index is 488. The molecule has 0 atom stereocenters. The van der Waals surface area contributed by atoms with Gasteiger partial charge in [-0.2, -0.15) is 0 Å². The minimum Gasteiger partial charge on any atom is -0.465 e. The van der Waals surface area contributed by atoms with Crippen molar-refractivity contribution < 1.29 is 14.7 Å². The fourth-order valence-corrected chi connectivity index (χ4v) is 1.35. The highest BCUT2D eigenvalue weighted by Crippen LogP contribution is 2.22. The Balaban J connectivity index is 2.81. The van der Waals surface area contributed by atoms with E-state index in [1.54, 1.807) is 12.1 Å². The standard InChI is InChI=1S/C11H14ClN3O3/c1-11(2,15-10(17)18)9(16)14-6-3-4-7(12)8(13)5-6/h3-5,15H,13H2,1-2H3,(H,14,16)(H,17,18). The number of carboxylic acid groups (broad SMARTS) is 1. The zero-order valence-electron chi connectivity index (χ0n) is 9.95. The second kappa shape index (κ2) is 5.14. The van der Waals surface area contributed by atoms with Gasteiger partial charge in [0.2, 0.25) is 5.91 Å². The van der Waals surface area contributed by atoms with Gasteiger partial charge in [0, 0.05) is 5.69 Å². The third-order valence-corrected chi connectivity index (χ3v) is 2.59. The van der Waals surface area contributed by atoms with E-state index in [0.29, 0.717) is 16.4 Å². The van der Waals surface area contributed by atoms with Gasteiger partial charge in [0.1, 0.15) is 5.54 Å². The molecule has 1 aromatic rings. The van der Waals surface area contributed by atoms with Crippen molar-refractivity contribution in [1.29, 1.82) is 0 Å². The molecular weight excluding hydrogens is 258 g/mol. The fraction of sp³-hybridized carbons (Fsp3) is 0.273. The van der Waals surface area contributed by atoms with E-state index in [-0.39, 0.29) is 0 Å². The Morgan fingerprint density at radius 3 is 2.50 bits per heavy atom.